The lowest BCUT2D eigenvalue weighted by molar-refractivity contribution is -0.490. The van der Waals surface area contributed by atoms with E-state index in [-0.39, 0.29) is 11.5 Å². The van der Waals surface area contributed by atoms with E-state index in [2.05, 4.69) is 0 Å². The standard InChI is InChI=1S/C10H10BNO5.C2H6/c13-12(14)6-9-7-2-1-3-8-10(7)11(17-9)16-5-4-15-8;1-2/h1-3,9H,4-6H2;1-2H3. The summed E-state index contributed by atoms with van der Waals surface area (Å²) in [6, 6.07) is 5.47. The Kier molecular flexibility index (Phi) is 4.39. The summed E-state index contributed by atoms with van der Waals surface area (Å²) in [4.78, 5) is 10.2. The second kappa shape index (κ2) is 6.03. The van der Waals surface area contributed by atoms with Gasteiger partial charge in [0.15, 0.2) is 0 Å². The Morgan fingerprint density at radius 1 is 1.42 bits per heavy atom. The van der Waals surface area contributed by atoms with E-state index < -0.39 is 13.2 Å². The van der Waals surface area contributed by atoms with Gasteiger partial charge in [0.1, 0.15) is 18.5 Å². The second-order valence-electron chi connectivity index (χ2n) is 3.95. The molecule has 1 unspecified atom stereocenters. The first-order valence-electron chi connectivity index (χ1n) is 6.40. The predicted molar refractivity (Wildman–Crippen MR) is 70.3 cm³/mol. The van der Waals surface area contributed by atoms with E-state index in [4.69, 9.17) is 14.0 Å². The van der Waals surface area contributed by atoms with Gasteiger partial charge in [-0.05, 0) is 11.6 Å². The Morgan fingerprint density at radius 3 is 2.95 bits per heavy atom. The largest absolute Gasteiger partial charge is 0.498 e. The summed E-state index contributed by atoms with van der Waals surface area (Å²) in [6.45, 7) is 4.64. The van der Waals surface area contributed by atoms with Crippen LogP contribution in [0.2, 0.25) is 0 Å². The molecule has 2 aliphatic rings. The summed E-state index contributed by atoms with van der Waals surface area (Å²) in [6.07, 6.45) is -0.549. The first kappa shape index (κ1) is 13.8. The maximum Gasteiger partial charge on any atom is 0.498 e. The molecule has 102 valence electrons. The van der Waals surface area contributed by atoms with Crippen LogP contribution in [0.5, 0.6) is 5.75 Å². The van der Waals surface area contributed by atoms with Gasteiger partial charge >= 0.3 is 7.12 Å². The van der Waals surface area contributed by atoms with E-state index in [9.17, 15) is 10.1 Å². The van der Waals surface area contributed by atoms with Crippen LogP contribution >= 0.6 is 0 Å². The summed E-state index contributed by atoms with van der Waals surface area (Å²) in [5.41, 5.74) is 1.60. The fourth-order valence-corrected chi connectivity index (χ4v) is 2.22. The molecular weight excluding hydrogens is 249 g/mol. The minimum atomic E-state index is -0.549. The molecule has 1 atom stereocenters. The molecule has 0 saturated heterocycles. The molecule has 0 fully saturated rings. The highest BCUT2D eigenvalue weighted by atomic mass is 16.6. The average molecular weight is 265 g/mol. The van der Waals surface area contributed by atoms with Crippen LogP contribution in [0.1, 0.15) is 25.5 Å². The van der Waals surface area contributed by atoms with Gasteiger partial charge in [-0.25, -0.2) is 0 Å². The fraction of sp³-hybridized carbons (Fsp3) is 0.500. The Hall–Kier alpha value is -1.60. The number of nitro groups is 1. The van der Waals surface area contributed by atoms with Gasteiger partial charge in [-0.1, -0.05) is 26.0 Å². The summed E-state index contributed by atoms with van der Waals surface area (Å²) < 4.78 is 16.6. The van der Waals surface area contributed by atoms with Gasteiger partial charge in [0.25, 0.3) is 0 Å². The number of ether oxygens (including phenoxy) is 1. The van der Waals surface area contributed by atoms with Crippen molar-refractivity contribution in [3.8, 4) is 5.75 Å². The van der Waals surface area contributed by atoms with Gasteiger partial charge in [0.05, 0.1) is 6.61 Å². The van der Waals surface area contributed by atoms with Crippen LogP contribution < -0.4 is 10.2 Å². The molecule has 0 amide bonds. The molecule has 0 aromatic heterocycles. The van der Waals surface area contributed by atoms with Gasteiger partial charge in [0.2, 0.25) is 6.54 Å². The molecule has 19 heavy (non-hydrogen) atoms. The van der Waals surface area contributed by atoms with Crippen LogP contribution in [-0.4, -0.2) is 31.8 Å². The van der Waals surface area contributed by atoms with Gasteiger partial charge in [0, 0.05) is 10.4 Å². The zero-order valence-electron chi connectivity index (χ0n) is 11.0. The molecule has 7 heteroatoms. The van der Waals surface area contributed by atoms with Crippen molar-refractivity contribution in [3.05, 3.63) is 33.9 Å². The summed E-state index contributed by atoms with van der Waals surface area (Å²) >= 11 is 0. The van der Waals surface area contributed by atoms with E-state index in [0.717, 1.165) is 11.0 Å². The number of nitrogens with zero attached hydrogens (tertiary/aromatic N) is 1. The number of rotatable bonds is 2. The van der Waals surface area contributed by atoms with Gasteiger partial charge in [-0.2, -0.15) is 0 Å². The number of benzene rings is 1. The third-order valence-corrected chi connectivity index (χ3v) is 2.90. The zero-order valence-corrected chi connectivity index (χ0v) is 11.0. The van der Waals surface area contributed by atoms with E-state index in [0.29, 0.717) is 19.0 Å². The lowest BCUT2D eigenvalue weighted by Gasteiger charge is -2.09. The van der Waals surface area contributed by atoms with E-state index >= 15 is 0 Å². The lowest BCUT2D eigenvalue weighted by Crippen LogP contribution is -2.31. The molecule has 0 saturated carbocycles. The van der Waals surface area contributed by atoms with Crippen molar-refractivity contribution in [1.29, 1.82) is 0 Å². The maximum atomic E-state index is 10.6. The van der Waals surface area contributed by atoms with Crippen LogP contribution in [0.25, 0.3) is 0 Å². The van der Waals surface area contributed by atoms with E-state index in [1.54, 1.807) is 0 Å². The summed E-state index contributed by atoms with van der Waals surface area (Å²) in [7, 11) is -0.534. The smallest absolute Gasteiger partial charge is 0.492 e. The first-order chi connectivity index (χ1) is 9.25. The monoisotopic (exact) mass is 265 g/mol. The molecule has 6 nitrogen and oxygen atoms in total. The Bertz CT molecular complexity index is 467. The summed E-state index contributed by atoms with van der Waals surface area (Å²) in [5.74, 6) is 0.704. The third kappa shape index (κ3) is 2.72. The predicted octanol–water partition coefficient (Wildman–Crippen LogP) is 1.16. The molecular formula is C12H16BNO5. The highest BCUT2D eigenvalue weighted by Crippen LogP contribution is 2.29. The van der Waals surface area contributed by atoms with Crippen molar-refractivity contribution in [2.24, 2.45) is 0 Å². The minimum absolute atomic E-state index is 0.254. The van der Waals surface area contributed by atoms with Crippen molar-refractivity contribution in [2.45, 2.75) is 20.0 Å². The van der Waals surface area contributed by atoms with Gasteiger partial charge in [-0.3, -0.25) is 10.1 Å². The van der Waals surface area contributed by atoms with Gasteiger partial charge < -0.3 is 14.0 Å². The average Bonchev–Trinajstić information content (AvgIpc) is 2.62. The second-order valence-corrected chi connectivity index (χ2v) is 3.95. The quantitative estimate of drug-likeness (QED) is 0.456. The molecule has 1 aromatic rings. The van der Waals surface area contributed by atoms with Crippen LogP contribution in [-0.2, 0) is 9.31 Å². The third-order valence-electron chi connectivity index (χ3n) is 2.90. The fourth-order valence-electron chi connectivity index (χ4n) is 2.22. The highest BCUT2D eigenvalue weighted by Gasteiger charge is 2.43. The van der Waals surface area contributed by atoms with Crippen LogP contribution in [0.4, 0.5) is 0 Å². The molecule has 0 aliphatic carbocycles. The SMILES string of the molecule is CC.O=[N+]([O-])CC1OB2OCCOc3cccc1c32. The Labute approximate surface area is 112 Å². The lowest BCUT2D eigenvalue weighted by atomic mass is 9.78. The molecule has 2 heterocycles. The zero-order chi connectivity index (χ0) is 13.8. The molecule has 0 radical (unpaired) electrons. The van der Waals surface area contributed by atoms with Crippen molar-refractivity contribution in [3.63, 3.8) is 0 Å². The van der Waals surface area contributed by atoms with E-state index in [1.165, 1.54) is 0 Å². The number of hydrogen-bond donors (Lipinski definition) is 0. The van der Waals surface area contributed by atoms with Crippen molar-refractivity contribution in [2.75, 3.05) is 19.8 Å². The first-order valence-corrected chi connectivity index (χ1v) is 6.40. The highest BCUT2D eigenvalue weighted by molar-refractivity contribution is 6.64. The minimum Gasteiger partial charge on any atom is -0.492 e. The van der Waals surface area contributed by atoms with Gasteiger partial charge in [-0.15, -0.1) is 0 Å². The van der Waals surface area contributed by atoms with E-state index in [1.807, 2.05) is 32.0 Å². The molecule has 0 N–H and O–H groups in total. The number of hydrogen-bond acceptors (Lipinski definition) is 5. The maximum absolute atomic E-state index is 10.6. The van der Waals surface area contributed by atoms with Crippen LogP contribution in [0.15, 0.2) is 18.2 Å². The van der Waals surface area contributed by atoms with Crippen LogP contribution in [0.3, 0.4) is 0 Å². The van der Waals surface area contributed by atoms with Crippen molar-refractivity contribution in [1.82, 2.24) is 0 Å². The summed E-state index contributed by atoms with van der Waals surface area (Å²) in [5, 5.41) is 10.6. The topological polar surface area (TPSA) is 70.8 Å². The van der Waals surface area contributed by atoms with Crippen molar-refractivity contribution < 1.29 is 19.0 Å². The Morgan fingerprint density at radius 2 is 2.21 bits per heavy atom. The molecule has 0 bridgehead atoms. The van der Waals surface area contributed by atoms with Crippen LogP contribution in [0, 0.1) is 10.1 Å². The molecule has 2 aliphatic heterocycles. The van der Waals surface area contributed by atoms with Crippen molar-refractivity contribution >= 4 is 12.6 Å². The molecule has 1 aromatic carbocycles. The normalized spacial score (nSPS) is 19.7. The molecule has 0 spiro atoms. The Balaban J connectivity index is 0.000000637. The molecule has 3 rings (SSSR count).